The first-order valence-electron chi connectivity index (χ1n) is 5.11. The predicted octanol–water partition coefficient (Wildman–Crippen LogP) is 2.33. The molecule has 4 N–H and O–H groups in total. The van der Waals surface area contributed by atoms with Crippen molar-refractivity contribution < 1.29 is 4.74 Å². The third-order valence-electron chi connectivity index (χ3n) is 2.23. The van der Waals surface area contributed by atoms with E-state index in [4.69, 9.17) is 16.2 Å². The molecule has 0 saturated heterocycles. The molecule has 3 heteroatoms. The van der Waals surface area contributed by atoms with E-state index in [1.165, 1.54) is 0 Å². The van der Waals surface area contributed by atoms with Crippen LogP contribution in [0, 0.1) is 0 Å². The van der Waals surface area contributed by atoms with Gasteiger partial charge in [0.25, 0.3) is 0 Å². The summed E-state index contributed by atoms with van der Waals surface area (Å²) in [5, 5.41) is 0. The number of rotatable bonds is 2. The van der Waals surface area contributed by atoms with E-state index >= 15 is 0 Å². The fourth-order valence-electron chi connectivity index (χ4n) is 1.37. The monoisotopic (exact) mass is 214 g/mol. The summed E-state index contributed by atoms with van der Waals surface area (Å²) in [4.78, 5) is 0. The summed E-state index contributed by atoms with van der Waals surface area (Å²) in [6, 6.07) is 7.29. The molecule has 82 valence electrons. The van der Waals surface area contributed by atoms with Crippen LogP contribution in [0.5, 0.6) is 5.75 Å². The van der Waals surface area contributed by atoms with Gasteiger partial charge >= 0.3 is 0 Å². The molecule has 1 aliphatic rings. The molecule has 0 saturated carbocycles. The van der Waals surface area contributed by atoms with E-state index < -0.39 is 0 Å². The van der Waals surface area contributed by atoms with Crippen LogP contribution in [0.2, 0.25) is 0 Å². The maximum Gasteiger partial charge on any atom is 0.127 e. The number of hydrogen-bond acceptors (Lipinski definition) is 3. The standard InChI is InChI=1S/C13H14N2O/c14-10-2-1-3-12(7-4-10)16-13-8-5-11(15)6-9-13/h2-9H,1,14-15H2. The maximum atomic E-state index is 5.68. The van der Waals surface area contributed by atoms with Gasteiger partial charge < -0.3 is 16.2 Å². The van der Waals surface area contributed by atoms with Crippen LogP contribution in [0.4, 0.5) is 5.69 Å². The molecule has 0 fully saturated rings. The van der Waals surface area contributed by atoms with E-state index in [1.807, 2.05) is 48.6 Å². The predicted molar refractivity (Wildman–Crippen MR) is 65.6 cm³/mol. The Morgan fingerprint density at radius 1 is 0.938 bits per heavy atom. The SMILES string of the molecule is NC1=CCC=C(Oc2ccc(N)cc2)C=C1. The normalized spacial score (nSPS) is 15.0. The number of ether oxygens (including phenoxy) is 1. The molecule has 0 aliphatic heterocycles. The maximum absolute atomic E-state index is 5.68. The lowest BCUT2D eigenvalue weighted by molar-refractivity contribution is 0.443. The van der Waals surface area contributed by atoms with Crippen LogP contribution in [-0.4, -0.2) is 0 Å². The number of hydrogen-bond donors (Lipinski definition) is 2. The fraction of sp³-hybridized carbons (Fsp3) is 0.0769. The van der Waals surface area contributed by atoms with Crippen LogP contribution in [0.1, 0.15) is 6.42 Å². The van der Waals surface area contributed by atoms with Gasteiger partial charge in [-0.05, 0) is 48.9 Å². The van der Waals surface area contributed by atoms with E-state index in [-0.39, 0.29) is 0 Å². The Bertz CT molecular complexity index is 455. The summed E-state index contributed by atoms with van der Waals surface area (Å²) in [7, 11) is 0. The zero-order valence-corrected chi connectivity index (χ0v) is 8.89. The van der Waals surface area contributed by atoms with Crippen molar-refractivity contribution in [3.8, 4) is 5.75 Å². The molecule has 16 heavy (non-hydrogen) atoms. The van der Waals surface area contributed by atoms with Gasteiger partial charge in [0.1, 0.15) is 11.5 Å². The highest BCUT2D eigenvalue weighted by Crippen LogP contribution is 2.18. The smallest absolute Gasteiger partial charge is 0.127 e. The lowest BCUT2D eigenvalue weighted by atomic mass is 10.3. The zero-order valence-electron chi connectivity index (χ0n) is 8.89. The first-order valence-corrected chi connectivity index (χ1v) is 5.11. The van der Waals surface area contributed by atoms with Crippen molar-refractivity contribution in [3.63, 3.8) is 0 Å². The largest absolute Gasteiger partial charge is 0.458 e. The lowest BCUT2D eigenvalue weighted by Gasteiger charge is -2.05. The van der Waals surface area contributed by atoms with Gasteiger partial charge in [0.2, 0.25) is 0 Å². The first-order chi connectivity index (χ1) is 7.74. The van der Waals surface area contributed by atoms with E-state index in [0.29, 0.717) is 0 Å². The molecule has 0 heterocycles. The second-order valence-corrected chi connectivity index (χ2v) is 3.55. The van der Waals surface area contributed by atoms with E-state index in [2.05, 4.69) is 0 Å². The Morgan fingerprint density at radius 3 is 2.44 bits per heavy atom. The van der Waals surface area contributed by atoms with Crippen molar-refractivity contribution in [2.75, 3.05) is 5.73 Å². The van der Waals surface area contributed by atoms with E-state index in [9.17, 15) is 0 Å². The van der Waals surface area contributed by atoms with Crippen molar-refractivity contribution in [1.29, 1.82) is 0 Å². The van der Waals surface area contributed by atoms with Crippen molar-refractivity contribution in [3.05, 3.63) is 60.0 Å². The van der Waals surface area contributed by atoms with Crippen LogP contribution in [0.15, 0.2) is 60.0 Å². The molecule has 0 bridgehead atoms. The first kappa shape index (κ1) is 10.4. The molecule has 0 atom stereocenters. The second kappa shape index (κ2) is 4.57. The molecule has 1 aliphatic carbocycles. The van der Waals surface area contributed by atoms with Crippen LogP contribution in [0.25, 0.3) is 0 Å². The molecule has 0 aromatic heterocycles. The molecule has 0 amide bonds. The average molecular weight is 214 g/mol. The molecular weight excluding hydrogens is 200 g/mol. The van der Waals surface area contributed by atoms with Gasteiger partial charge in [0.15, 0.2) is 0 Å². The third kappa shape index (κ3) is 2.67. The topological polar surface area (TPSA) is 61.3 Å². The number of nitrogen functional groups attached to an aromatic ring is 1. The Balaban J connectivity index is 2.08. The molecule has 0 radical (unpaired) electrons. The number of allylic oxidation sites excluding steroid dienone is 4. The molecule has 1 aromatic rings. The van der Waals surface area contributed by atoms with Gasteiger partial charge in [0, 0.05) is 11.4 Å². The van der Waals surface area contributed by atoms with Gasteiger partial charge in [-0.2, -0.15) is 0 Å². The minimum Gasteiger partial charge on any atom is -0.458 e. The quantitative estimate of drug-likeness (QED) is 0.743. The summed E-state index contributed by atoms with van der Waals surface area (Å²) >= 11 is 0. The molecule has 3 nitrogen and oxygen atoms in total. The summed E-state index contributed by atoms with van der Waals surface area (Å²) in [5.74, 6) is 1.56. The summed E-state index contributed by atoms with van der Waals surface area (Å²) in [6.45, 7) is 0. The fourth-order valence-corrected chi connectivity index (χ4v) is 1.37. The van der Waals surface area contributed by atoms with Crippen molar-refractivity contribution in [1.82, 2.24) is 0 Å². The Morgan fingerprint density at radius 2 is 1.69 bits per heavy atom. The van der Waals surface area contributed by atoms with Gasteiger partial charge in [-0.15, -0.1) is 0 Å². The van der Waals surface area contributed by atoms with Gasteiger partial charge in [-0.25, -0.2) is 0 Å². The number of anilines is 1. The van der Waals surface area contributed by atoms with Crippen LogP contribution >= 0.6 is 0 Å². The Kier molecular flexibility index (Phi) is 2.96. The van der Waals surface area contributed by atoms with Crippen molar-refractivity contribution >= 4 is 5.69 Å². The lowest BCUT2D eigenvalue weighted by Crippen LogP contribution is -1.93. The zero-order chi connectivity index (χ0) is 11.4. The second-order valence-electron chi connectivity index (χ2n) is 3.55. The van der Waals surface area contributed by atoms with E-state index in [0.717, 1.165) is 29.3 Å². The third-order valence-corrected chi connectivity index (χ3v) is 2.23. The molecular formula is C13H14N2O. The Labute approximate surface area is 94.7 Å². The molecule has 0 spiro atoms. The Hall–Kier alpha value is -2.16. The van der Waals surface area contributed by atoms with Crippen molar-refractivity contribution in [2.24, 2.45) is 5.73 Å². The van der Waals surface area contributed by atoms with Gasteiger partial charge in [0.05, 0.1) is 0 Å². The van der Waals surface area contributed by atoms with Gasteiger partial charge in [-0.3, -0.25) is 0 Å². The highest BCUT2D eigenvalue weighted by Gasteiger charge is 1.99. The summed E-state index contributed by atoms with van der Waals surface area (Å²) in [5.41, 5.74) is 12.8. The van der Waals surface area contributed by atoms with Crippen LogP contribution in [0.3, 0.4) is 0 Å². The summed E-state index contributed by atoms with van der Waals surface area (Å²) in [6.07, 6.45) is 8.39. The summed E-state index contributed by atoms with van der Waals surface area (Å²) < 4.78 is 5.67. The van der Waals surface area contributed by atoms with Crippen LogP contribution < -0.4 is 16.2 Å². The highest BCUT2D eigenvalue weighted by molar-refractivity contribution is 5.42. The highest BCUT2D eigenvalue weighted by atomic mass is 16.5. The molecule has 1 aromatic carbocycles. The number of benzene rings is 1. The van der Waals surface area contributed by atoms with Crippen LogP contribution in [-0.2, 0) is 0 Å². The number of nitrogens with two attached hydrogens (primary N) is 2. The molecule has 2 rings (SSSR count). The molecule has 0 unspecified atom stereocenters. The average Bonchev–Trinajstić information content (AvgIpc) is 2.47. The minimum absolute atomic E-state index is 0.726. The van der Waals surface area contributed by atoms with Crippen molar-refractivity contribution in [2.45, 2.75) is 6.42 Å². The minimum atomic E-state index is 0.726. The van der Waals surface area contributed by atoms with Gasteiger partial charge in [-0.1, -0.05) is 6.08 Å². The van der Waals surface area contributed by atoms with E-state index in [1.54, 1.807) is 0 Å².